The molecule has 2 aromatic rings. The molecule has 0 aliphatic carbocycles. The molecule has 0 aromatic heterocycles. The predicted octanol–water partition coefficient (Wildman–Crippen LogP) is 4.19. The summed E-state index contributed by atoms with van der Waals surface area (Å²) in [7, 11) is 2.05. The first kappa shape index (κ1) is 14.8. The van der Waals surface area contributed by atoms with Crippen molar-refractivity contribution in [2.75, 3.05) is 13.6 Å². The van der Waals surface area contributed by atoms with E-state index in [-0.39, 0.29) is 5.92 Å². The number of hydrogen-bond acceptors (Lipinski definition) is 2. The Balaban J connectivity index is 2.02. The summed E-state index contributed by atoms with van der Waals surface area (Å²) >= 11 is 3.56. The van der Waals surface area contributed by atoms with Crippen LogP contribution in [0.25, 0.3) is 0 Å². The molecule has 1 atom stereocenters. The lowest BCUT2D eigenvalue weighted by molar-refractivity contribution is 0.319. The maximum atomic E-state index is 9.36. The lowest BCUT2D eigenvalue weighted by Gasteiger charge is -2.20. The lowest BCUT2D eigenvalue weighted by atomic mass is 10.00. The van der Waals surface area contributed by atoms with Crippen LogP contribution < -0.4 is 0 Å². The van der Waals surface area contributed by atoms with Crippen LogP contribution in [0.3, 0.4) is 0 Å². The van der Waals surface area contributed by atoms with Crippen molar-refractivity contribution in [2.45, 2.75) is 12.5 Å². The van der Waals surface area contributed by atoms with Crippen LogP contribution in [0.15, 0.2) is 59.1 Å². The molecule has 0 aliphatic heterocycles. The predicted molar refractivity (Wildman–Crippen MR) is 85.3 cm³/mol. The number of rotatable bonds is 5. The van der Waals surface area contributed by atoms with E-state index in [4.69, 9.17) is 0 Å². The average Bonchev–Trinajstić information content (AvgIpc) is 2.48. The second-order valence-electron chi connectivity index (χ2n) is 4.88. The molecule has 2 nitrogen and oxygen atoms in total. The number of nitrogens with zero attached hydrogens (tertiary/aromatic N) is 2. The zero-order chi connectivity index (χ0) is 14.4. The van der Waals surface area contributed by atoms with Gasteiger partial charge in [0.05, 0.1) is 12.0 Å². The number of nitriles is 1. The van der Waals surface area contributed by atoms with Crippen molar-refractivity contribution in [3.63, 3.8) is 0 Å². The largest absolute Gasteiger partial charge is 0.300 e. The van der Waals surface area contributed by atoms with E-state index in [9.17, 15) is 5.26 Å². The summed E-state index contributed by atoms with van der Waals surface area (Å²) in [6.07, 6.45) is 0. The summed E-state index contributed by atoms with van der Waals surface area (Å²) < 4.78 is 1.11. The van der Waals surface area contributed by atoms with Gasteiger partial charge in [-0.2, -0.15) is 5.26 Å². The Kier molecular flexibility index (Phi) is 5.34. The molecule has 1 unspecified atom stereocenters. The van der Waals surface area contributed by atoms with E-state index >= 15 is 0 Å². The fourth-order valence-corrected chi connectivity index (χ4v) is 2.61. The smallest absolute Gasteiger partial charge is 0.0839 e. The van der Waals surface area contributed by atoms with Crippen molar-refractivity contribution in [3.8, 4) is 6.07 Å². The normalized spacial score (nSPS) is 12.1. The third-order valence-electron chi connectivity index (χ3n) is 3.25. The highest BCUT2D eigenvalue weighted by molar-refractivity contribution is 9.10. The summed E-state index contributed by atoms with van der Waals surface area (Å²) in [5.41, 5.74) is 2.31. The van der Waals surface area contributed by atoms with E-state index in [1.54, 1.807) is 0 Å². The average molecular weight is 329 g/mol. The summed E-state index contributed by atoms with van der Waals surface area (Å²) in [6.45, 7) is 1.55. The Hall–Kier alpha value is -1.63. The lowest BCUT2D eigenvalue weighted by Crippen LogP contribution is -2.23. The van der Waals surface area contributed by atoms with Crippen molar-refractivity contribution in [1.82, 2.24) is 4.90 Å². The topological polar surface area (TPSA) is 27.0 Å². The zero-order valence-electron chi connectivity index (χ0n) is 11.5. The minimum atomic E-state index is -0.0938. The Bertz CT molecular complexity index is 589. The molecule has 0 heterocycles. The van der Waals surface area contributed by atoms with Crippen LogP contribution in [0.1, 0.15) is 17.0 Å². The van der Waals surface area contributed by atoms with Crippen LogP contribution in [-0.4, -0.2) is 18.5 Å². The summed E-state index contributed by atoms with van der Waals surface area (Å²) in [4.78, 5) is 2.18. The van der Waals surface area contributed by atoms with Gasteiger partial charge in [-0.25, -0.2) is 0 Å². The highest BCUT2D eigenvalue weighted by Gasteiger charge is 2.13. The van der Waals surface area contributed by atoms with Gasteiger partial charge >= 0.3 is 0 Å². The molecule has 0 amide bonds. The fraction of sp³-hybridized carbons (Fsp3) is 0.235. The molecule has 2 aromatic carbocycles. The van der Waals surface area contributed by atoms with Gasteiger partial charge in [0, 0.05) is 17.6 Å². The van der Waals surface area contributed by atoms with Gasteiger partial charge in [-0.05, 0) is 24.2 Å². The molecule has 0 spiro atoms. The molecule has 0 aliphatic rings. The van der Waals surface area contributed by atoms with Gasteiger partial charge in [0.15, 0.2) is 0 Å². The van der Waals surface area contributed by atoms with E-state index in [2.05, 4.69) is 33.0 Å². The van der Waals surface area contributed by atoms with E-state index < -0.39 is 0 Å². The number of benzene rings is 2. The molecule has 2 rings (SSSR count). The number of hydrogen-bond donors (Lipinski definition) is 0. The van der Waals surface area contributed by atoms with E-state index in [0.29, 0.717) is 0 Å². The van der Waals surface area contributed by atoms with E-state index in [1.165, 1.54) is 5.56 Å². The van der Waals surface area contributed by atoms with Gasteiger partial charge in [0.1, 0.15) is 0 Å². The SMILES string of the molecule is CN(Cc1ccccc1Br)CC(C#N)c1ccccc1. The zero-order valence-corrected chi connectivity index (χ0v) is 13.0. The van der Waals surface area contributed by atoms with Gasteiger partial charge in [0.2, 0.25) is 0 Å². The molecule has 102 valence electrons. The first-order valence-electron chi connectivity index (χ1n) is 6.57. The van der Waals surface area contributed by atoms with Crippen molar-refractivity contribution in [3.05, 3.63) is 70.2 Å². The summed E-state index contributed by atoms with van der Waals surface area (Å²) in [5.74, 6) is -0.0938. The van der Waals surface area contributed by atoms with E-state index in [1.807, 2.05) is 55.6 Å². The van der Waals surface area contributed by atoms with Crippen LogP contribution in [0.5, 0.6) is 0 Å². The Morgan fingerprint density at radius 1 is 1.10 bits per heavy atom. The molecule has 20 heavy (non-hydrogen) atoms. The Morgan fingerprint density at radius 2 is 1.75 bits per heavy atom. The van der Waals surface area contributed by atoms with Crippen molar-refractivity contribution < 1.29 is 0 Å². The van der Waals surface area contributed by atoms with Gasteiger partial charge in [-0.1, -0.05) is 64.5 Å². The second kappa shape index (κ2) is 7.23. The van der Waals surface area contributed by atoms with Crippen LogP contribution in [-0.2, 0) is 6.54 Å². The van der Waals surface area contributed by atoms with Gasteiger partial charge in [0.25, 0.3) is 0 Å². The minimum Gasteiger partial charge on any atom is -0.300 e. The minimum absolute atomic E-state index is 0.0938. The van der Waals surface area contributed by atoms with Crippen molar-refractivity contribution in [2.24, 2.45) is 0 Å². The third-order valence-corrected chi connectivity index (χ3v) is 4.02. The quantitative estimate of drug-likeness (QED) is 0.822. The molecule has 0 fully saturated rings. The second-order valence-corrected chi connectivity index (χ2v) is 5.73. The molecule has 0 saturated carbocycles. The van der Waals surface area contributed by atoms with Crippen LogP contribution in [0, 0.1) is 11.3 Å². The highest BCUT2D eigenvalue weighted by Crippen LogP contribution is 2.20. The molecule has 0 saturated heterocycles. The van der Waals surface area contributed by atoms with Crippen LogP contribution in [0.4, 0.5) is 0 Å². The fourth-order valence-electron chi connectivity index (χ4n) is 2.20. The number of halogens is 1. The summed E-state index contributed by atoms with van der Waals surface area (Å²) in [6, 6.07) is 20.5. The monoisotopic (exact) mass is 328 g/mol. The molecule has 0 bridgehead atoms. The molecule has 0 N–H and O–H groups in total. The first-order chi connectivity index (χ1) is 9.70. The Labute approximate surface area is 128 Å². The first-order valence-corrected chi connectivity index (χ1v) is 7.36. The molecule has 3 heteroatoms. The number of likely N-dealkylation sites (N-methyl/N-ethyl adjacent to an activating group) is 1. The van der Waals surface area contributed by atoms with Gasteiger partial charge in [-0.15, -0.1) is 0 Å². The Morgan fingerprint density at radius 3 is 2.40 bits per heavy atom. The highest BCUT2D eigenvalue weighted by atomic mass is 79.9. The van der Waals surface area contributed by atoms with Gasteiger partial charge < -0.3 is 4.90 Å². The van der Waals surface area contributed by atoms with Crippen LogP contribution >= 0.6 is 15.9 Å². The maximum absolute atomic E-state index is 9.36. The third kappa shape index (κ3) is 3.93. The maximum Gasteiger partial charge on any atom is 0.0839 e. The van der Waals surface area contributed by atoms with Crippen molar-refractivity contribution >= 4 is 15.9 Å². The van der Waals surface area contributed by atoms with Crippen LogP contribution in [0.2, 0.25) is 0 Å². The molecule has 0 radical (unpaired) electrons. The molecular formula is C17H17BrN2. The van der Waals surface area contributed by atoms with E-state index in [0.717, 1.165) is 23.1 Å². The summed E-state index contributed by atoms with van der Waals surface area (Å²) in [5, 5.41) is 9.36. The standard InChI is InChI=1S/C17H17BrN2/c1-20(12-15-9-5-6-10-17(15)18)13-16(11-19)14-7-3-2-4-8-14/h2-10,16H,12-13H2,1H3. The van der Waals surface area contributed by atoms with Crippen molar-refractivity contribution in [1.29, 1.82) is 5.26 Å². The molecular weight excluding hydrogens is 312 g/mol. The van der Waals surface area contributed by atoms with Gasteiger partial charge in [-0.3, -0.25) is 0 Å².